The van der Waals surface area contributed by atoms with Gasteiger partial charge in [-0.15, -0.1) is 0 Å². The molecule has 4 nitrogen and oxygen atoms in total. The van der Waals surface area contributed by atoms with Crippen molar-refractivity contribution < 1.29 is 4.74 Å². The predicted molar refractivity (Wildman–Crippen MR) is 65.9 cm³/mol. The van der Waals surface area contributed by atoms with E-state index in [2.05, 4.69) is 21.8 Å². The molecule has 2 heterocycles. The molecule has 1 unspecified atom stereocenters. The van der Waals surface area contributed by atoms with Crippen LogP contribution in [0.2, 0.25) is 0 Å². The Hall–Kier alpha value is -0.870. The first-order valence-corrected chi connectivity index (χ1v) is 6.70. The van der Waals surface area contributed by atoms with Gasteiger partial charge in [0.1, 0.15) is 0 Å². The van der Waals surface area contributed by atoms with E-state index >= 15 is 0 Å². The first-order valence-electron chi connectivity index (χ1n) is 6.70. The molecule has 0 saturated heterocycles. The second-order valence-corrected chi connectivity index (χ2v) is 5.16. The van der Waals surface area contributed by atoms with Crippen molar-refractivity contribution in [3.05, 3.63) is 17.7 Å². The molecule has 1 aliphatic heterocycles. The van der Waals surface area contributed by atoms with Gasteiger partial charge in [-0.2, -0.15) is 0 Å². The van der Waals surface area contributed by atoms with Gasteiger partial charge >= 0.3 is 0 Å². The van der Waals surface area contributed by atoms with Gasteiger partial charge in [0.2, 0.25) is 0 Å². The van der Waals surface area contributed by atoms with E-state index < -0.39 is 0 Å². The van der Waals surface area contributed by atoms with Crippen LogP contribution in [-0.2, 0) is 17.8 Å². The summed E-state index contributed by atoms with van der Waals surface area (Å²) in [4.78, 5) is 4.54. The van der Waals surface area contributed by atoms with Gasteiger partial charge < -0.3 is 14.6 Å². The minimum Gasteiger partial charge on any atom is -0.381 e. The lowest BCUT2D eigenvalue weighted by molar-refractivity contribution is 0.127. The zero-order valence-electron chi connectivity index (χ0n) is 10.5. The molecule has 0 radical (unpaired) electrons. The summed E-state index contributed by atoms with van der Waals surface area (Å²) in [5.41, 5.74) is 2.64. The highest BCUT2D eigenvalue weighted by Crippen LogP contribution is 2.33. The summed E-state index contributed by atoms with van der Waals surface area (Å²) in [7, 11) is 0. The Morgan fingerprint density at radius 3 is 3.18 bits per heavy atom. The van der Waals surface area contributed by atoms with Crippen LogP contribution in [0.25, 0.3) is 0 Å². The Morgan fingerprint density at radius 2 is 2.41 bits per heavy atom. The molecule has 0 spiro atoms. The van der Waals surface area contributed by atoms with Gasteiger partial charge in [0.25, 0.3) is 0 Å². The second kappa shape index (κ2) is 4.78. The number of nitrogens with zero attached hydrogens (tertiary/aromatic N) is 2. The molecule has 1 N–H and O–H groups in total. The number of imidazole rings is 1. The molecule has 1 saturated carbocycles. The van der Waals surface area contributed by atoms with E-state index in [1.807, 2.05) is 6.33 Å². The number of rotatable bonds is 5. The number of hydrogen-bond donors (Lipinski definition) is 1. The minimum atomic E-state index is 0.472. The summed E-state index contributed by atoms with van der Waals surface area (Å²) in [6.45, 7) is 6.75. The molecule has 1 aromatic rings. The molecule has 0 aromatic carbocycles. The van der Waals surface area contributed by atoms with Gasteiger partial charge in [0.05, 0.1) is 18.6 Å². The van der Waals surface area contributed by atoms with Gasteiger partial charge in [0, 0.05) is 37.9 Å². The van der Waals surface area contributed by atoms with E-state index in [0.29, 0.717) is 5.92 Å². The quantitative estimate of drug-likeness (QED) is 0.841. The highest BCUT2D eigenvalue weighted by molar-refractivity contribution is 5.22. The SMILES string of the molecule is CCOCC1CNCc2ncn(CC3CC3)c21. The lowest BCUT2D eigenvalue weighted by Gasteiger charge is -2.25. The average Bonchev–Trinajstić information content (AvgIpc) is 3.07. The fourth-order valence-corrected chi connectivity index (χ4v) is 2.62. The molecule has 4 heteroatoms. The van der Waals surface area contributed by atoms with Crippen molar-refractivity contribution in [2.75, 3.05) is 19.8 Å². The fraction of sp³-hybridized carbons (Fsp3) is 0.769. The lowest BCUT2D eigenvalue weighted by Crippen LogP contribution is -2.32. The number of hydrogen-bond acceptors (Lipinski definition) is 3. The number of nitrogens with one attached hydrogen (secondary N) is 1. The molecule has 0 amide bonds. The molecule has 1 aliphatic carbocycles. The first-order chi connectivity index (χ1) is 8.38. The van der Waals surface area contributed by atoms with Crippen molar-refractivity contribution in [2.45, 2.75) is 38.8 Å². The summed E-state index contributed by atoms with van der Waals surface area (Å²) in [6.07, 6.45) is 4.80. The largest absolute Gasteiger partial charge is 0.381 e. The van der Waals surface area contributed by atoms with E-state index in [4.69, 9.17) is 4.74 Å². The Balaban J connectivity index is 1.79. The van der Waals surface area contributed by atoms with Crippen LogP contribution in [0.15, 0.2) is 6.33 Å². The number of ether oxygens (including phenoxy) is 1. The highest BCUT2D eigenvalue weighted by atomic mass is 16.5. The maximum absolute atomic E-state index is 5.59. The number of fused-ring (bicyclic) bond motifs is 1. The van der Waals surface area contributed by atoms with Gasteiger partial charge in [-0.1, -0.05) is 0 Å². The second-order valence-electron chi connectivity index (χ2n) is 5.16. The van der Waals surface area contributed by atoms with Crippen LogP contribution in [0.3, 0.4) is 0 Å². The molecule has 0 bridgehead atoms. The third kappa shape index (κ3) is 2.38. The van der Waals surface area contributed by atoms with Crippen LogP contribution >= 0.6 is 0 Å². The maximum atomic E-state index is 5.59. The number of aromatic nitrogens is 2. The summed E-state index contributed by atoms with van der Waals surface area (Å²) in [5, 5.41) is 3.43. The van der Waals surface area contributed by atoms with Crippen LogP contribution < -0.4 is 5.32 Å². The molecule has 1 aromatic heterocycles. The molecular weight excluding hydrogens is 214 g/mol. The lowest BCUT2D eigenvalue weighted by atomic mass is 10.0. The molecule has 1 atom stereocenters. The van der Waals surface area contributed by atoms with Crippen molar-refractivity contribution in [3.63, 3.8) is 0 Å². The standard InChI is InChI=1S/C13H21N3O/c1-2-17-8-11-5-14-6-12-13(11)16(9-15-12)7-10-3-4-10/h9-11,14H,2-8H2,1H3. The summed E-state index contributed by atoms with van der Waals surface area (Å²) in [5.74, 6) is 1.37. The third-order valence-corrected chi connectivity index (χ3v) is 3.70. The molecule has 17 heavy (non-hydrogen) atoms. The van der Waals surface area contributed by atoms with E-state index in [0.717, 1.165) is 38.8 Å². The van der Waals surface area contributed by atoms with Crippen molar-refractivity contribution >= 4 is 0 Å². The zero-order chi connectivity index (χ0) is 11.7. The van der Waals surface area contributed by atoms with Gasteiger partial charge in [-0.3, -0.25) is 0 Å². The average molecular weight is 235 g/mol. The van der Waals surface area contributed by atoms with E-state index in [-0.39, 0.29) is 0 Å². The van der Waals surface area contributed by atoms with E-state index in [1.165, 1.54) is 24.2 Å². The van der Waals surface area contributed by atoms with E-state index in [9.17, 15) is 0 Å². The Bertz CT molecular complexity index is 384. The van der Waals surface area contributed by atoms with Crippen LogP contribution in [-0.4, -0.2) is 29.3 Å². The first kappa shape index (κ1) is 11.2. The summed E-state index contributed by atoms with van der Waals surface area (Å²) < 4.78 is 7.97. The third-order valence-electron chi connectivity index (χ3n) is 3.70. The van der Waals surface area contributed by atoms with Crippen LogP contribution in [0, 0.1) is 5.92 Å². The molecular formula is C13H21N3O. The van der Waals surface area contributed by atoms with Gasteiger partial charge in [-0.05, 0) is 25.7 Å². The minimum absolute atomic E-state index is 0.472. The van der Waals surface area contributed by atoms with Crippen molar-refractivity contribution in [2.24, 2.45) is 5.92 Å². The Morgan fingerprint density at radius 1 is 1.53 bits per heavy atom. The molecule has 3 rings (SSSR count). The van der Waals surface area contributed by atoms with Crippen molar-refractivity contribution in [1.29, 1.82) is 0 Å². The fourth-order valence-electron chi connectivity index (χ4n) is 2.62. The Labute approximate surface area is 102 Å². The summed E-state index contributed by atoms with van der Waals surface area (Å²) in [6, 6.07) is 0. The monoisotopic (exact) mass is 235 g/mol. The highest BCUT2D eigenvalue weighted by Gasteiger charge is 2.28. The van der Waals surface area contributed by atoms with Crippen LogP contribution in [0.4, 0.5) is 0 Å². The molecule has 94 valence electrons. The smallest absolute Gasteiger partial charge is 0.0952 e. The Kier molecular flexibility index (Phi) is 3.16. The topological polar surface area (TPSA) is 39.1 Å². The molecule has 2 aliphatic rings. The maximum Gasteiger partial charge on any atom is 0.0952 e. The summed E-state index contributed by atoms with van der Waals surface area (Å²) >= 11 is 0. The normalized spacial score (nSPS) is 23.7. The predicted octanol–water partition coefficient (Wildman–Crippen LogP) is 1.52. The van der Waals surface area contributed by atoms with Crippen molar-refractivity contribution in [1.82, 2.24) is 14.9 Å². The van der Waals surface area contributed by atoms with Crippen LogP contribution in [0.5, 0.6) is 0 Å². The molecule has 1 fully saturated rings. The zero-order valence-corrected chi connectivity index (χ0v) is 10.5. The van der Waals surface area contributed by atoms with Crippen molar-refractivity contribution in [3.8, 4) is 0 Å². The van der Waals surface area contributed by atoms with E-state index in [1.54, 1.807) is 0 Å². The van der Waals surface area contributed by atoms with Crippen LogP contribution in [0.1, 0.15) is 37.1 Å². The van der Waals surface area contributed by atoms with Gasteiger partial charge in [0.15, 0.2) is 0 Å². The van der Waals surface area contributed by atoms with Gasteiger partial charge in [-0.25, -0.2) is 4.98 Å².